The number of anilines is 1. The molecule has 1 saturated carbocycles. The lowest BCUT2D eigenvalue weighted by Gasteiger charge is -2.30. The molecule has 2 amide bonds. The van der Waals surface area contributed by atoms with Crippen LogP contribution in [0.1, 0.15) is 44.1 Å². The summed E-state index contributed by atoms with van der Waals surface area (Å²) in [6, 6.07) is 12.8. The highest BCUT2D eigenvalue weighted by atomic mass is 79.9. The monoisotopic (exact) mass is 558 g/mol. The summed E-state index contributed by atoms with van der Waals surface area (Å²) in [5.74, 6) is 1.93. The number of fused-ring (bicyclic) bond motifs is 1. The van der Waals surface area contributed by atoms with Crippen LogP contribution in [-0.2, 0) is 9.59 Å². The Balaban J connectivity index is 1.38. The van der Waals surface area contributed by atoms with Crippen LogP contribution in [0.15, 0.2) is 52.7 Å². The van der Waals surface area contributed by atoms with Crippen molar-refractivity contribution in [2.24, 2.45) is 0 Å². The largest absolute Gasteiger partial charge is 0.496 e. The molecule has 0 spiro atoms. The van der Waals surface area contributed by atoms with E-state index in [1.807, 2.05) is 42.1 Å². The van der Waals surface area contributed by atoms with Gasteiger partial charge in [-0.3, -0.25) is 14.5 Å². The van der Waals surface area contributed by atoms with Crippen LogP contribution in [0.5, 0.6) is 11.5 Å². The van der Waals surface area contributed by atoms with Crippen molar-refractivity contribution >= 4 is 51.3 Å². The van der Waals surface area contributed by atoms with Gasteiger partial charge in [-0.05, 0) is 76.9 Å². The van der Waals surface area contributed by atoms with Crippen LogP contribution in [0.25, 0.3) is 6.08 Å². The minimum absolute atomic E-state index is 0.0569. The van der Waals surface area contributed by atoms with E-state index in [0.717, 1.165) is 27.5 Å². The summed E-state index contributed by atoms with van der Waals surface area (Å²) >= 11 is 5.50. The third-order valence-electron chi connectivity index (χ3n) is 6.16. The molecule has 186 valence electrons. The summed E-state index contributed by atoms with van der Waals surface area (Å²) in [6.45, 7) is 0.555. The number of nitrogens with zero attached hydrogens (tertiary/aromatic N) is 1. The topological polar surface area (TPSA) is 67.9 Å². The maximum Gasteiger partial charge on any atom is 0.294 e. The summed E-state index contributed by atoms with van der Waals surface area (Å²) in [7, 11) is 1.60. The van der Waals surface area contributed by atoms with E-state index in [0.29, 0.717) is 23.7 Å². The maximum absolute atomic E-state index is 13.3. The molecule has 35 heavy (non-hydrogen) atoms. The van der Waals surface area contributed by atoms with Gasteiger partial charge in [0.15, 0.2) is 11.5 Å². The normalized spacial score (nSPS) is 17.1. The molecular formula is C27H31BrN2O4S. The number of hydrogen-bond acceptors (Lipinski definition) is 5. The summed E-state index contributed by atoms with van der Waals surface area (Å²) in [5, 5.41) is 3.75. The Morgan fingerprint density at radius 1 is 1.23 bits per heavy atom. The van der Waals surface area contributed by atoms with Gasteiger partial charge in [0, 0.05) is 11.8 Å². The second-order valence-corrected chi connectivity index (χ2v) is 11.0. The van der Waals surface area contributed by atoms with Crippen molar-refractivity contribution in [1.29, 1.82) is 0 Å². The standard InChI is InChI=1S/C27H31BrN2O4S/c1-33-23-13-12-19(16-21(23)28)17-25-27(32)30(22-10-5-6-11-24(22)34-25)18-26(31)29-14-7-15-35-20-8-3-2-4-9-20/h5-6,10-13,16-17,20H,2-4,7-9,14-15,18H2,1H3,(H,29,31)/b25-17-. The van der Waals surface area contributed by atoms with Crippen LogP contribution < -0.4 is 19.7 Å². The van der Waals surface area contributed by atoms with Gasteiger partial charge in [-0.2, -0.15) is 11.8 Å². The number of thioether (sulfide) groups is 1. The van der Waals surface area contributed by atoms with Crippen molar-refractivity contribution in [2.45, 2.75) is 43.8 Å². The minimum Gasteiger partial charge on any atom is -0.496 e. The second-order valence-electron chi connectivity index (χ2n) is 8.70. The second kappa shape index (κ2) is 12.5. The van der Waals surface area contributed by atoms with E-state index < -0.39 is 0 Å². The van der Waals surface area contributed by atoms with Crippen molar-refractivity contribution in [3.05, 3.63) is 58.3 Å². The van der Waals surface area contributed by atoms with Gasteiger partial charge in [-0.1, -0.05) is 37.5 Å². The SMILES string of the molecule is COc1ccc(/C=C2\Oc3ccccc3N(CC(=O)NCCCSC3CCCCC3)C2=O)cc1Br. The number of rotatable bonds is 9. The number of carbonyl (C=O) groups excluding carboxylic acids is 2. The first-order chi connectivity index (χ1) is 17.0. The lowest BCUT2D eigenvalue weighted by molar-refractivity contribution is -0.123. The highest BCUT2D eigenvalue weighted by molar-refractivity contribution is 9.10. The van der Waals surface area contributed by atoms with E-state index in [1.54, 1.807) is 25.3 Å². The number of nitrogens with one attached hydrogen (secondary N) is 1. The van der Waals surface area contributed by atoms with E-state index >= 15 is 0 Å². The van der Waals surface area contributed by atoms with Gasteiger partial charge in [0.1, 0.15) is 12.3 Å². The summed E-state index contributed by atoms with van der Waals surface area (Å²) < 4.78 is 12.0. The molecule has 0 atom stereocenters. The van der Waals surface area contributed by atoms with E-state index in [1.165, 1.54) is 37.0 Å². The van der Waals surface area contributed by atoms with Gasteiger partial charge in [0.05, 0.1) is 17.3 Å². The molecule has 2 aromatic rings. The molecule has 1 N–H and O–H groups in total. The molecular weight excluding hydrogens is 528 g/mol. The number of hydrogen-bond donors (Lipinski definition) is 1. The summed E-state index contributed by atoms with van der Waals surface area (Å²) in [4.78, 5) is 27.5. The van der Waals surface area contributed by atoms with Crippen molar-refractivity contribution in [1.82, 2.24) is 5.32 Å². The molecule has 1 heterocycles. The first-order valence-corrected chi connectivity index (χ1v) is 13.9. The fourth-order valence-corrected chi connectivity index (χ4v) is 6.19. The van der Waals surface area contributed by atoms with Crippen LogP contribution in [-0.4, -0.2) is 43.0 Å². The zero-order valence-electron chi connectivity index (χ0n) is 19.9. The number of halogens is 1. The Morgan fingerprint density at radius 3 is 2.80 bits per heavy atom. The number of amides is 2. The molecule has 4 rings (SSSR count). The Morgan fingerprint density at radius 2 is 2.03 bits per heavy atom. The molecule has 2 aromatic carbocycles. The molecule has 1 aliphatic carbocycles. The Hall–Kier alpha value is -2.45. The molecule has 2 aliphatic rings. The molecule has 0 bridgehead atoms. The van der Waals surface area contributed by atoms with Crippen molar-refractivity contribution in [2.75, 3.05) is 30.9 Å². The van der Waals surface area contributed by atoms with E-state index in [4.69, 9.17) is 9.47 Å². The minimum atomic E-state index is -0.348. The Labute approximate surface area is 219 Å². The Kier molecular flexibility index (Phi) is 9.15. The van der Waals surface area contributed by atoms with Gasteiger partial charge in [-0.25, -0.2) is 0 Å². The van der Waals surface area contributed by atoms with Crippen LogP contribution in [0.2, 0.25) is 0 Å². The molecule has 0 radical (unpaired) electrons. The molecule has 0 aromatic heterocycles. The number of para-hydroxylation sites is 2. The lowest BCUT2D eigenvalue weighted by atomic mass is 10.0. The van der Waals surface area contributed by atoms with Crippen molar-refractivity contribution in [3.63, 3.8) is 0 Å². The number of ether oxygens (including phenoxy) is 2. The van der Waals surface area contributed by atoms with Gasteiger partial charge in [0.25, 0.3) is 5.91 Å². The van der Waals surface area contributed by atoms with Crippen LogP contribution in [0.4, 0.5) is 5.69 Å². The smallest absolute Gasteiger partial charge is 0.294 e. The predicted molar refractivity (Wildman–Crippen MR) is 145 cm³/mol. The zero-order valence-corrected chi connectivity index (χ0v) is 22.3. The van der Waals surface area contributed by atoms with Gasteiger partial charge < -0.3 is 14.8 Å². The van der Waals surface area contributed by atoms with Gasteiger partial charge in [0.2, 0.25) is 5.91 Å². The van der Waals surface area contributed by atoms with Crippen molar-refractivity contribution < 1.29 is 19.1 Å². The highest BCUT2D eigenvalue weighted by Gasteiger charge is 2.31. The highest BCUT2D eigenvalue weighted by Crippen LogP contribution is 2.36. The average Bonchev–Trinajstić information content (AvgIpc) is 2.87. The van der Waals surface area contributed by atoms with Crippen molar-refractivity contribution in [3.8, 4) is 11.5 Å². The summed E-state index contributed by atoms with van der Waals surface area (Å²) in [5.41, 5.74) is 1.37. The van der Waals surface area contributed by atoms with Crippen LogP contribution in [0.3, 0.4) is 0 Å². The number of benzene rings is 2. The van der Waals surface area contributed by atoms with Crippen LogP contribution in [0, 0.1) is 0 Å². The molecule has 0 saturated heterocycles. The average molecular weight is 560 g/mol. The predicted octanol–water partition coefficient (Wildman–Crippen LogP) is 5.80. The van der Waals surface area contributed by atoms with Gasteiger partial charge in [-0.15, -0.1) is 0 Å². The van der Waals surface area contributed by atoms with E-state index in [-0.39, 0.29) is 24.1 Å². The first-order valence-electron chi connectivity index (χ1n) is 12.1. The lowest BCUT2D eigenvalue weighted by Crippen LogP contribution is -2.44. The third kappa shape index (κ3) is 6.82. The number of carbonyl (C=O) groups is 2. The molecule has 1 aliphatic heterocycles. The fourth-order valence-electron chi connectivity index (χ4n) is 4.32. The molecule has 6 nitrogen and oxygen atoms in total. The van der Waals surface area contributed by atoms with E-state index in [2.05, 4.69) is 21.2 Å². The maximum atomic E-state index is 13.3. The fraction of sp³-hybridized carbons (Fsp3) is 0.407. The van der Waals surface area contributed by atoms with E-state index in [9.17, 15) is 9.59 Å². The molecule has 1 fully saturated rings. The molecule has 0 unspecified atom stereocenters. The molecule has 8 heteroatoms. The third-order valence-corrected chi connectivity index (χ3v) is 8.24. The zero-order chi connectivity index (χ0) is 24.6. The number of methoxy groups -OCH3 is 1. The van der Waals surface area contributed by atoms with Gasteiger partial charge >= 0.3 is 0 Å². The first kappa shape index (κ1) is 25.6. The summed E-state index contributed by atoms with van der Waals surface area (Å²) in [6.07, 6.45) is 9.29. The van der Waals surface area contributed by atoms with Crippen LogP contribution >= 0.6 is 27.7 Å². The quantitative estimate of drug-likeness (QED) is 0.311. The Bertz CT molecular complexity index is 1080.